The molecule has 2 atom stereocenters. The maximum Gasteiger partial charge on any atom is 0.410 e. The summed E-state index contributed by atoms with van der Waals surface area (Å²) >= 11 is 0. The summed E-state index contributed by atoms with van der Waals surface area (Å²) < 4.78 is 5.55. The summed E-state index contributed by atoms with van der Waals surface area (Å²) in [5, 5.41) is 3.02. The van der Waals surface area contributed by atoms with Crippen molar-refractivity contribution in [3.63, 3.8) is 0 Å². The minimum absolute atomic E-state index is 0.00499. The zero-order valence-electron chi connectivity index (χ0n) is 18.4. The van der Waals surface area contributed by atoms with E-state index in [1.165, 1.54) is 0 Å². The summed E-state index contributed by atoms with van der Waals surface area (Å²) in [4.78, 5) is 38.9. The lowest BCUT2D eigenvalue weighted by Crippen LogP contribution is -2.36. The molecule has 2 aliphatic heterocycles. The van der Waals surface area contributed by atoms with Crippen molar-refractivity contribution in [1.29, 1.82) is 0 Å². The third-order valence-corrected chi connectivity index (χ3v) is 5.92. The molecular formula is C25H28N2O4. The number of ether oxygens (including phenoxy) is 1. The molecule has 0 aromatic heterocycles. The van der Waals surface area contributed by atoms with Crippen molar-refractivity contribution in [2.75, 3.05) is 19.6 Å². The Kier molecular flexibility index (Phi) is 5.33. The number of rotatable bonds is 2. The van der Waals surface area contributed by atoms with Gasteiger partial charge in [0.2, 0.25) is 0 Å². The SMILES string of the molecule is CC(=O)c1cccc(-c2ccc3c(c2)C(=O)NC[C@@H]2CN(C(=O)OC(C)(C)C)C[C@@H]32)c1. The molecule has 2 aliphatic rings. The molecule has 2 aromatic rings. The van der Waals surface area contributed by atoms with E-state index in [0.29, 0.717) is 30.8 Å². The van der Waals surface area contributed by atoms with Crippen LogP contribution in [0.2, 0.25) is 0 Å². The summed E-state index contributed by atoms with van der Waals surface area (Å²) in [7, 11) is 0. The molecule has 162 valence electrons. The molecule has 1 fully saturated rings. The summed E-state index contributed by atoms with van der Waals surface area (Å²) in [6, 6.07) is 13.3. The van der Waals surface area contributed by atoms with Crippen molar-refractivity contribution < 1.29 is 19.1 Å². The van der Waals surface area contributed by atoms with Gasteiger partial charge < -0.3 is 15.0 Å². The molecule has 0 saturated carbocycles. The first kappa shape index (κ1) is 21.1. The third-order valence-electron chi connectivity index (χ3n) is 5.92. The van der Waals surface area contributed by atoms with Gasteiger partial charge in [-0.05, 0) is 56.5 Å². The predicted octanol–water partition coefficient (Wildman–Crippen LogP) is 4.25. The van der Waals surface area contributed by atoms with Gasteiger partial charge in [-0.25, -0.2) is 4.79 Å². The Hall–Kier alpha value is -3.15. The van der Waals surface area contributed by atoms with E-state index < -0.39 is 5.60 Å². The number of carbonyl (C=O) groups excluding carboxylic acids is 3. The summed E-state index contributed by atoms with van der Waals surface area (Å²) in [6.07, 6.45) is -0.314. The van der Waals surface area contributed by atoms with Crippen LogP contribution in [-0.4, -0.2) is 47.9 Å². The molecule has 0 spiro atoms. The Labute approximate surface area is 182 Å². The fourth-order valence-corrected chi connectivity index (χ4v) is 4.40. The first-order valence-electron chi connectivity index (χ1n) is 10.6. The highest BCUT2D eigenvalue weighted by Gasteiger charge is 2.41. The molecular weight excluding hydrogens is 392 g/mol. The minimum Gasteiger partial charge on any atom is -0.444 e. The quantitative estimate of drug-likeness (QED) is 0.737. The Bertz CT molecular complexity index is 1050. The second-order valence-electron chi connectivity index (χ2n) is 9.40. The van der Waals surface area contributed by atoms with Gasteiger partial charge >= 0.3 is 6.09 Å². The van der Waals surface area contributed by atoms with Crippen LogP contribution in [0.25, 0.3) is 11.1 Å². The van der Waals surface area contributed by atoms with Crippen LogP contribution in [0, 0.1) is 5.92 Å². The fraction of sp³-hybridized carbons (Fsp3) is 0.400. The van der Waals surface area contributed by atoms with Gasteiger partial charge in [-0.3, -0.25) is 9.59 Å². The number of nitrogens with zero attached hydrogens (tertiary/aromatic N) is 1. The van der Waals surface area contributed by atoms with Crippen LogP contribution in [0.4, 0.5) is 4.79 Å². The van der Waals surface area contributed by atoms with Gasteiger partial charge in [0.05, 0.1) is 0 Å². The number of amides is 2. The van der Waals surface area contributed by atoms with Crippen LogP contribution in [0.3, 0.4) is 0 Å². The number of Topliss-reactive ketones (excluding diaryl/α,β-unsaturated/α-hetero) is 1. The third kappa shape index (κ3) is 4.33. The van der Waals surface area contributed by atoms with Gasteiger partial charge in [0.1, 0.15) is 5.60 Å². The second-order valence-corrected chi connectivity index (χ2v) is 9.40. The van der Waals surface area contributed by atoms with Crippen LogP contribution >= 0.6 is 0 Å². The van der Waals surface area contributed by atoms with Crippen LogP contribution in [-0.2, 0) is 4.74 Å². The smallest absolute Gasteiger partial charge is 0.410 e. The van der Waals surface area contributed by atoms with Gasteiger partial charge in [-0.15, -0.1) is 0 Å². The van der Waals surface area contributed by atoms with E-state index in [-0.39, 0.29) is 29.6 Å². The van der Waals surface area contributed by atoms with Crippen LogP contribution < -0.4 is 5.32 Å². The Morgan fingerprint density at radius 3 is 2.52 bits per heavy atom. The average molecular weight is 421 g/mol. The van der Waals surface area contributed by atoms with E-state index in [1.54, 1.807) is 17.9 Å². The number of hydrogen-bond donors (Lipinski definition) is 1. The number of benzene rings is 2. The molecule has 0 radical (unpaired) electrons. The van der Waals surface area contributed by atoms with Crippen molar-refractivity contribution in [3.05, 3.63) is 59.2 Å². The van der Waals surface area contributed by atoms with E-state index in [2.05, 4.69) is 5.32 Å². The topological polar surface area (TPSA) is 75.7 Å². The lowest BCUT2D eigenvalue weighted by molar-refractivity contribution is 0.0286. The van der Waals surface area contributed by atoms with Gasteiger partial charge in [0, 0.05) is 42.6 Å². The first-order valence-corrected chi connectivity index (χ1v) is 10.6. The van der Waals surface area contributed by atoms with Gasteiger partial charge in [0.15, 0.2) is 5.78 Å². The highest BCUT2D eigenvalue weighted by atomic mass is 16.6. The number of nitrogens with one attached hydrogen (secondary N) is 1. The van der Waals surface area contributed by atoms with E-state index in [4.69, 9.17) is 4.74 Å². The van der Waals surface area contributed by atoms with Gasteiger partial charge in [-0.2, -0.15) is 0 Å². The zero-order valence-corrected chi connectivity index (χ0v) is 18.4. The molecule has 2 aromatic carbocycles. The van der Waals surface area contributed by atoms with Gasteiger partial charge in [-0.1, -0.05) is 30.3 Å². The number of likely N-dealkylation sites (tertiary alicyclic amines) is 1. The molecule has 0 aliphatic carbocycles. The average Bonchev–Trinajstić information content (AvgIpc) is 3.09. The van der Waals surface area contributed by atoms with Crippen LogP contribution in [0.15, 0.2) is 42.5 Å². The van der Waals surface area contributed by atoms with Gasteiger partial charge in [0.25, 0.3) is 5.91 Å². The Morgan fingerprint density at radius 1 is 1.06 bits per heavy atom. The highest BCUT2D eigenvalue weighted by molar-refractivity contribution is 5.98. The maximum atomic E-state index is 12.8. The fourth-order valence-electron chi connectivity index (χ4n) is 4.40. The summed E-state index contributed by atoms with van der Waals surface area (Å²) in [5.74, 6) is 0.117. The van der Waals surface area contributed by atoms with E-state index in [1.807, 2.05) is 57.2 Å². The zero-order chi connectivity index (χ0) is 22.3. The van der Waals surface area contributed by atoms with Crippen LogP contribution in [0.5, 0.6) is 0 Å². The van der Waals surface area contributed by atoms with Crippen molar-refractivity contribution in [2.24, 2.45) is 5.92 Å². The molecule has 2 heterocycles. The van der Waals surface area contributed by atoms with Crippen molar-refractivity contribution in [3.8, 4) is 11.1 Å². The van der Waals surface area contributed by atoms with E-state index in [0.717, 1.165) is 16.7 Å². The lowest BCUT2D eigenvalue weighted by Gasteiger charge is -2.24. The molecule has 1 N–H and O–H groups in total. The second kappa shape index (κ2) is 7.84. The predicted molar refractivity (Wildman–Crippen MR) is 118 cm³/mol. The lowest BCUT2D eigenvalue weighted by atomic mass is 9.86. The Balaban J connectivity index is 1.65. The number of fused-ring (bicyclic) bond motifs is 3. The summed E-state index contributed by atoms with van der Waals surface area (Å²) in [6.45, 7) is 8.72. The molecule has 6 nitrogen and oxygen atoms in total. The largest absolute Gasteiger partial charge is 0.444 e. The highest BCUT2D eigenvalue weighted by Crippen LogP contribution is 2.38. The molecule has 2 amide bonds. The first-order chi connectivity index (χ1) is 14.6. The number of ketones is 1. The monoisotopic (exact) mass is 420 g/mol. The normalized spacial score (nSPS) is 20.4. The van der Waals surface area contributed by atoms with E-state index >= 15 is 0 Å². The van der Waals surface area contributed by atoms with E-state index in [9.17, 15) is 14.4 Å². The van der Waals surface area contributed by atoms with Crippen LogP contribution in [0.1, 0.15) is 59.9 Å². The summed E-state index contributed by atoms with van der Waals surface area (Å²) in [5.41, 5.74) is 3.46. The molecule has 4 rings (SSSR count). The molecule has 31 heavy (non-hydrogen) atoms. The Morgan fingerprint density at radius 2 is 1.81 bits per heavy atom. The van der Waals surface area contributed by atoms with Crippen molar-refractivity contribution >= 4 is 17.8 Å². The number of hydrogen-bond acceptors (Lipinski definition) is 4. The molecule has 6 heteroatoms. The molecule has 1 saturated heterocycles. The number of carbonyl (C=O) groups is 3. The maximum absolute atomic E-state index is 12.8. The molecule has 0 unspecified atom stereocenters. The van der Waals surface area contributed by atoms with Crippen molar-refractivity contribution in [2.45, 2.75) is 39.2 Å². The standard InChI is InChI=1S/C25H28N2O4/c1-15(28)16-6-5-7-17(10-16)18-8-9-20-21(11-18)23(29)26-12-19-13-27(14-22(19)20)24(30)31-25(2,3)4/h5-11,19,22H,12-14H2,1-4H3,(H,26,29)/t19-,22-/m1/s1. The molecule has 0 bridgehead atoms. The minimum atomic E-state index is -0.544. The van der Waals surface area contributed by atoms with Crippen molar-refractivity contribution in [1.82, 2.24) is 10.2 Å².